The summed E-state index contributed by atoms with van der Waals surface area (Å²) < 4.78 is 4.78. The second kappa shape index (κ2) is 9.09. The van der Waals surface area contributed by atoms with Crippen molar-refractivity contribution in [1.82, 2.24) is 0 Å². The molecular formula is C12H18O3S. The summed E-state index contributed by atoms with van der Waals surface area (Å²) in [4.78, 5) is 11.9. The summed E-state index contributed by atoms with van der Waals surface area (Å²) in [6, 6.07) is 6.71. The lowest BCUT2D eigenvalue weighted by molar-refractivity contribution is -0.139. The van der Waals surface area contributed by atoms with Gasteiger partial charge in [0.1, 0.15) is 5.75 Å². The second-order valence-electron chi connectivity index (χ2n) is 2.59. The molecule has 0 saturated heterocycles. The third-order valence-electron chi connectivity index (χ3n) is 1.50. The molecule has 0 spiro atoms. The van der Waals surface area contributed by atoms with E-state index in [-0.39, 0.29) is 11.7 Å². The van der Waals surface area contributed by atoms with Gasteiger partial charge in [0.15, 0.2) is 0 Å². The molecule has 0 aliphatic carbocycles. The molecule has 0 unspecified atom stereocenters. The molecule has 16 heavy (non-hydrogen) atoms. The standard InChI is InChI=1S/C10H12O3S.C2H6/c1-2-13-10(12)7-14-9-5-3-8(11)4-6-9;1-2/h3-6,11H,2,7H2,1H3;1-2H3. The Morgan fingerprint density at radius 1 is 1.31 bits per heavy atom. The first-order chi connectivity index (χ1) is 7.72. The first kappa shape index (κ1) is 14.8. The van der Waals surface area contributed by atoms with Gasteiger partial charge in [0.25, 0.3) is 0 Å². The number of ether oxygens (including phenoxy) is 1. The number of hydrogen-bond acceptors (Lipinski definition) is 4. The Morgan fingerprint density at radius 2 is 1.88 bits per heavy atom. The van der Waals surface area contributed by atoms with Gasteiger partial charge in [0.05, 0.1) is 12.4 Å². The van der Waals surface area contributed by atoms with Gasteiger partial charge in [0, 0.05) is 4.90 Å². The van der Waals surface area contributed by atoms with Gasteiger partial charge < -0.3 is 9.84 Å². The Bertz CT molecular complexity index is 296. The molecule has 0 radical (unpaired) electrons. The maximum absolute atomic E-state index is 11.0. The summed E-state index contributed by atoms with van der Waals surface area (Å²) >= 11 is 1.39. The van der Waals surface area contributed by atoms with Crippen molar-refractivity contribution in [2.24, 2.45) is 0 Å². The van der Waals surface area contributed by atoms with E-state index in [0.29, 0.717) is 12.4 Å². The quantitative estimate of drug-likeness (QED) is 0.651. The monoisotopic (exact) mass is 242 g/mol. The fourth-order valence-corrected chi connectivity index (χ4v) is 1.58. The van der Waals surface area contributed by atoms with Crippen LogP contribution in [0.25, 0.3) is 0 Å². The van der Waals surface area contributed by atoms with E-state index in [1.165, 1.54) is 11.8 Å². The Balaban J connectivity index is 0.00000106. The molecule has 0 fully saturated rings. The van der Waals surface area contributed by atoms with Gasteiger partial charge in [-0.3, -0.25) is 4.79 Å². The number of aromatic hydroxyl groups is 1. The lowest BCUT2D eigenvalue weighted by Crippen LogP contribution is -2.06. The van der Waals surface area contributed by atoms with E-state index in [9.17, 15) is 4.79 Å². The molecule has 4 heteroatoms. The molecule has 0 aliphatic heterocycles. The normalized spacial score (nSPS) is 8.94. The van der Waals surface area contributed by atoms with Crippen molar-refractivity contribution in [3.8, 4) is 5.75 Å². The van der Waals surface area contributed by atoms with Gasteiger partial charge in [-0.1, -0.05) is 13.8 Å². The van der Waals surface area contributed by atoms with Gasteiger partial charge in [0.2, 0.25) is 0 Å². The smallest absolute Gasteiger partial charge is 0.316 e. The van der Waals surface area contributed by atoms with Crippen LogP contribution in [0.2, 0.25) is 0 Å². The van der Waals surface area contributed by atoms with Crippen LogP contribution in [0, 0.1) is 0 Å². The number of phenols is 1. The van der Waals surface area contributed by atoms with Crippen LogP contribution in [0.3, 0.4) is 0 Å². The van der Waals surface area contributed by atoms with Gasteiger partial charge >= 0.3 is 5.97 Å². The molecule has 3 nitrogen and oxygen atoms in total. The SMILES string of the molecule is CC.CCOC(=O)CSc1ccc(O)cc1. The highest BCUT2D eigenvalue weighted by atomic mass is 32.2. The number of esters is 1. The largest absolute Gasteiger partial charge is 0.508 e. The van der Waals surface area contributed by atoms with Gasteiger partial charge in [-0.15, -0.1) is 11.8 Å². The zero-order valence-electron chi connectivity index (χ0n) is 9.90. The Labute approximate surface area is 101 Å². The predicted molar refractivity (Wildman–Crippen MR) is 66.8 cm³/mol. The maximum atomic E-state index is 11.0. The average molecular weight is 242 g/mol. The highest BCUT2D eigenvalue weighted by Gasteiger charge is 2.02. The number of rotatable bonds is 4. The number of carbonyl (C=O) groups excluding carboxylic acids is 1. The van der Waals surface area contributed by atoms with Crippen molar-refractivity contribution in [3.05, 3.63) is 24.3 Å². The van der Waals surface area contributed by atoms with Crippen LogP contribution in [0.4, 0.5) is 0 Å². The number of hydrogen-bond donors (Lipinski definition) is 1. The fraction of sp³-hybridized carbons (Fsp3) is 0.417. The molecular weight excluding hydrogens is 224 g/mol. The third kappa shape index (κ3) is 6.35. The van der Waals surface area contributed by atoms with E-state index in [4.69, 9.17) is 9.84 Å². The Kier molecular flexibility index (Phi) is 8.43. The average Bonchev–Trinajstić information content (AvgIpc) is 2.31. The summed E-state index contributed by atoms with van der Waals surface area (Å²) in [5.74, 6) is 0.314. The van der Waals surface area contributed by atoms with Crippen molar-refractivity contribution in [3.63, 3.8) is 0 Å². The Morgan fingerprint density at radius 3 is 2.38 bits per heavy atom. The molecule has 0 aliphatic rings. The van der Waals surface area contributed by atoms with Crippen LogP contribution < -0.4 is 0 Å². The molecule has 0 atom stereocenters. The molecule has 0 aromatic heterocycles. The summed E-state index contributed by atoms with van der Waals surface area (Å²) in [5.41, 5.74) is 0. The summed E-state index contributed by atoms with van der Waals surface area (Å²) in [6.07, 6.45) is 0. The molecule has 1 N–H and O–H groups in total. The van der Waals surface area contributed by atoms with Crippen molar-refractivity contribution in [2.45, 2.75) is 25.7 Å². The van der Waals surface area contributed by atoms with Crippen molar-refractivity contribution < 1.29 is 14.6 Å². The third-order valence-corrected chi connectivity index (χ3v) is 2.48. The van der Waals surface area contributed by atoms with Crippen LogP contribution >= 0.6 is 11.8 Å². The predicted octanol–water partition coefficient (Wildman–Crippen LogP) is 3.07. The molecule has 0 bridgehead atoms. The molecule has 0 amide bonds. The highest BCUT2D eigenvalue weighted by molar-refractivity contribution is 8.00. The molecule has 0 heterocycles. The number of benzene rings is 1. The lowest BCUT2D eigenvalue weighted by Gasteiger charge is -2.01. The molecule has 0 saturated carbocycles. The van der Waals surface area contributed by atoms with Crippen molar-refractivity contribution in [2.75, 3.05) is 12.4 Å². The summed E-state index contributed by atoms with van der Waals surface area (Å²) in [7, 11) is 0. The van der Waals surface area contributed by atoms with Crippen LogP contribution in [0.5, 0.6) is 5.75 Å². The lowest BCUT2D eigenvalue weighted by atomic mass is 10.3. The number of thioether (sulfide) groups is 1. The second-order valence-corrected chi connectivity index (χ2v) is 3.64. The minimum atomic E-state index is -0.217. The first-order valence-corrected chi connectivity index (χ1v) is 6.28. The van der Waals surface area contributed by atoms with Gasteiger partial charge in [-0.2, -0.15) is 0 Å². The van der Waals surface area contributed by atoms with E-state index in [1.54, 1.807) is 31.2 Å². The fourth-order valence-electron chi connectivity index (χ4n) is 0.887. The molecule has 1 aromatic carbocycles. The minimum absolute atomic E-state index is 0.217. The van der Waals surface area contributed by atoms with E-state index in [1.807, 2.05) is 13.8 Å². The minimum Gasteiger partial charge on any atom is -0.508 e. The van der Waals surface area contributed by atoms with Crippen molar-refractivity contribution in [1.29, 1.82) is 0 Å². The molecule has 1 rings (SSSR count). The van der Waals surface area contributed by atoms with E-state index >= 15 is 0 Å². The molecule has 90 valence electrons. The topological polar surface area (TPSA) is 46.5 Å². The zero-order valence-corrected chi connectivity index (χ0v) is 10.7. The highest BCUT2D eigenvalue weighted by Crippen LogP contribution is 2.20. The Hall–Kier alpha value is -1.16. The van der Waals surface area contributed by atoms with E-state index < -0.39 is 0 Å². The number of carbonyl (C=O) groups is 1. The summed E-state index contributed by atoms with van der Waals surface area (Å²) in [5, 5.41) is 9.02. The number of phenolic OH excluding ortho intramolecular Hbond substituents is 1. The first-order valence-electron chi connectivity index (χ1n) is 5.30. The molecule has 1 aromatic rings. The summed E-state index contributed by atoms with van der Waals surface area (Å²) in [6.45, 7) is 6.19. The van der Waals surface area contributed by atoms with Gasteiger partial charge in [-0.05, 0) is 31.2 Å². The van der Waals surface area contributed by atoms with Crippen LogP contribution in [-0.4, -0.2) is 23.4 Å². The zero-order chi connectivity index (χ0) is 12.4. The maximum Gasteiger partial charge on any atom is 0.316 e. The van der Waals surface area contributed by atoms with Crippen molar-refractivity contribution >= 4 is 17.7 Å². The van der Waals surface area contributed by atoms with Gasteiger partial charge in [-0.25, -0.2) is 0 Å². The van der Waals surface area contributed by atoms with E-state index in [0.717, 1.165) is 4.90 Å². The van der Waals surface area contributed by atoms with Crippen LogP contribution in [0.15, 0.2) is 29.2 Å². The van der Waals surface area contributed by atoms with Crippen LogP contribution in [0.1, 0.15) is 20.8 Å². The van der Waals surface area contributed by atoms with E-state index in [2.05, 4.69) is 0 Å². The van der Waals surface area contributed by atoms with Crippen LogP contribution in [-0.2, 0) is 9.53 Å².